The number of hydrogen-bond donors (Lipinski definition) is 0. The van der Waals surface area contributed by atoms with E-state index in [0.717, 1.165) is 30.2 Å². The molecule has 1 aromatic carbocycles. The number of aromatic nitrogens is 4. The van der Waals surface area contributed by atoms with Gasteiger partial charge < -0.3 is 9.80 Å². The van der Waals surface area contributed by atoms with E-state index in [9.17, 15) is 4.79 Å². The fourth-order valence-electron chi connectivity index (χ4n) is 3.26. The van der Waals surface area contributed by atoms with Crippen molar-refractivity contribution in [2.75, 3.05) is 31.1 Å². The molecule has 0 saturated carbocycles. The van der Waals surface area contributed by atoms with Crippen molar-refractivity contribution in [2.45, 2.75) is 13.3 Å². The lowest BCUT2D eigenvalue weighted by atomic mass is 10.1. The highest BCUT2D eigenvalue weighted by Crippen LogP contribution is 2.23. The van der Waals surface area contributed by atoms with Crippen LogP contribution in [-0.4, -0.2) is 56.6 Å². The molecule has 9 heteroatoms. The Balaban J connectivity index is 1.43. The normalized spacial score (nSPS) is 14.8. The van der Waals surface area contributed by atoms with Gasteiger partial charge in [0.25, 0.3) is 5.78 Å². The van der Waals surface area contributed by atoms with Gasteiger partial charge in [-0.05, 0) is 24.6 Å². The van der Waals surface area contributed by atoms with E-state index in [1.807, 2.05) is 24.0 Å². The van der Waals surface area contributed by atoms with Crippen molar-refractivity contribution in [1.29, 1.82) is 0 Å². The quantitative estimate of drug-likeness (QED) is 0.670. The van der Waals surface area contributed by atoms with Crippen LogP contribution in [0.15, 0.2) is 30.6 Å². The van der Waals surface area contributed by atoms with Crippen LogP contribution in [0.4, 0.5) is 5.82 Å². The Labute approximate surface area is 166 Å². The van der Waals surface area contributed by atoms with Crippen LogP contribution in [0.3, 0.4) is 0 Å². The molecule has 1 aliphatic rings. The van der Waals surface area contributed by atoms with Crippen LogP contribution >= 0.6 is 23.2 Å². The molecule has 0 N–H and O–H groups in total. The third-order valence-corrected chi connectivity index (χ3v) is 5.40. The largest absolute Gasteiger partial charge is 0.353 e. The summed E-state index contributed by atoms with van der Waals surface area (Å²) >= 11 is 12.0. The molecule has 1 saturated heterocycles. The van der Waals surface area contributed by atoms with Crippen molar-refractivity contribution < 1.29 is 4.79 Å². The molecule has 7 nitrogen and oxygen atoms in total. The minimum atomic E-state index is 0.0878. The maximum atomic E-state index is 12.6. The molecule has 1 fully saturated rings. The molecule has 4 rings (SSSR count). The smallest absolute Gasteiger partial charge is 0.254 e. The predicted octanol–water partition coefficient (Wildman–Crippen LogP) is 2.63. The Morgan fingerprint density at radius 1 is 1.11 bits per heavy atom. The number of amides is 1. The number of aryl methyl sites for hydroxylation is 1. The summed E-state index contributed by atoms with van der Waals surface area (Å²) in [7, 11) is 0. The monoisotopic (exact) mass is 404 g/mol. The van der Waals surface area contributed by atoms with Crippen molar-refractivity contribution in [3.8, 4) is 0 Å². The van der Waals surface area contributed by atoms with Gasteiger partial charge in [0, 0.05) is 37.9 Å². The van der Waals surface area contributed by atoms with Crippen LogP contribution in [0.2, 0.25) is 10.0 Å². The lowest BCUT2D eigenvalue weighted by Gasteiger charge is -2.36. The summed E-state index contributed by atoms with van der Waals surface area (Å²) in [5, 5.41) is 5.22. The van der Waals surface area contributed by atoms with Gasteiger partial charge in [-0.3, -0.25) is 4.79 Å². The minimum Gasteiger partial charge on any atom is -0.353 e. The lowest BCUT2D eigenvalue weighted by Crippen LogP contribution is -2.49. The SMILES string of the molecule is Cc1cc(N2CCN(C(=O)Cc3ccc(Cl)c(Cl)c3)CC2)n2ncnc2n1. The maximum Gasteiger partial charge on any atom is 0.254 e. The highest BCUT2D eigenvalue weighted by Gasteiger charge is 2.23. The second-order valence-electron chi connectivity index (χ2n) is 6.52. The number of benzene rings is 1. The second-order valence-corrected chi connectivity index (χ2v) is 7.34. The Hall–Kier alpha value is -2.38. The second kappa shape index (κ2) is 7.32. The van der Waals surface area contributed by atoms with E-state index < -0.39 is 0 Å². The average molecular weight is 405 g/mol. The van der Waals surface area contributed by atoms with E-state index in [-0.39, 0.29) is 5.91 Å². The van der Waals surface area contributed by atoms with Crippen LogP contribution in [0, 0.1) is 6.92 Å². The van der Waals surface area contributed by atoms with Gasteiger partial charge >= 0.3 is 0 Å². The molecule has 0 atom stereocenters. The summed E-state index contributed by atoms with van der Waals surface area (Å²) in [6.45, 7) is 4.70. The van der Waals surface area contributed by atoms with Crippen molar-refractivity contribution in [1.82, 2.24) is 24.5 Å². The summed E-state index contributed by atoms with van der Waals surface area (Å²) in [5.74, 6) is 1.62. The number of halogens is 2. The number of piperazine rings is 1. The Bertz CT molecular complexity index is 997. The van der Waals surface area contributed by atoms with Crippen LogP contribution in [0.1, 0.15) is 11.3 Å². The summed E-state index contributed by atoms with van der Waals surface area (Å²) in [6, 6.07) is 7.30. The number of anilines is 1. The zero-order valence-corrected chi connectivity index (χ0v) is 16.3. The Morgan fingerprint density at radius 2 is 1.89 bits per heavy atom. The first-order chi connectivity index (χ1) is 13.0. The molecule has 0 bridgehead atoms. The zero-order valence-electron chi connectivity index (χ0n) is 14.8. The molecule has 3 aromatic rings. The molecule has 0 aliphatic carbocycles. The Morgan fingerprint density at radius 3 is 2.63 bits per heavy atom. The van der Waals surface area contributed by atoms with E-state index >= 15 is 0 Å². The highest BCUT2D eigenvalue weighted by atomic mass is 35.5. The maximum absolute atomic E-state index is 12.6. The standard InChI is InChI=1S/C18H18Cl2N6O/c1-12-8-16(26-18(23-12)21-11-22-26)24-4-6-25(7-5-24)17(27)10-13-2-3-14(19)15(20)9-13/h2-3,8-9,11H,4-7,10H2,1H3. The molecule has 3 heterocycles. The van der Waals surface area contributed by atoms with E-state index in [1.54, 1.807) is 16.6 Å². The van der Waals surface area contributed by atoms with Gasteiger partial charge in [-0.2, -0.15) is 14.6 Å². The first-order valence-electron chi connectivity index (χ1n) is 8.65. The lowest BCUT2D eigenvalue weighted by molar-refractivity contribution is -0.130. The number of rotatable bonds is 3. The van der Waals surface area contributed by atoms with Gasteiger partial charge in [-0.1, -0.05) is 29.3 Å². The predicted molar refractivity (Wildman–Crippen MR) is 104 cm³/mol. The van der Waals surface area contributed by atoms with E-state index in [2.05, 4.69) is 20.0 Å². The molecule has 0 unspecified atom stereocenters. The molecule has 2 aromatic heterocycles. The first kappa shape index (κ1) is 18.0. The van der Waals surface area contributed by atoms with Crippen molar-refractivity contribution in [2.24, 2.45) is 0 Å². The van der Waals surface area contributed by atoms with Gasteiger partial charge in [0.2, 0.25) is 5.91 Å². The Kier molecular flexibility index (Phi) is 4.88. The van der Waals surface area contributed by atoms with E-state index in [4.69, 9.17) is 23.2 Å². The highest BCUT2D eigenvalue weighted by molar-refractivity contribution is 6.42. The average Bonchev–Trinajstić information content (AvgIpc) is 3.12. The van der Waals surface area contributed by atoms with Gasteiger partial charge in [0.15, 0.2) is 0 Å². The summed E-state index contributed by atoms with van der Waals surface area (Å²) in [6.07, 6.45) is 1.82. The fourth-order valence-corrected chi connectivity index (χ4v) is 3.58. The topological polar surface area (TPSA) is 66.6 Å². The van der Waals surface area contributed by atoms with Crippen LogP contribution in [0.5, 0.6) is 0 Å². The molecule has 0 spiro atoms. The van der Waals surface area contributed by atoms with Crippen molar-refractivity contribution in [3.05, 3.63) is 51.9 Å². The van der Waals surface area contributed by atoms with Gasteiger partial charge in [0.05, 0.1) is 16.5 Å². The molecular weight excluding hydrogens is 387 g/mol. The van der Waals surface area contributed by atoms with E-state index in [0.29, 0.717) is 35.3 Å². The minimum absolute atomic E-state index is 0.0878. The molecule has 140 valence electrons. The number of fused-ring (bicyclic) bond motifs is 1. The van der Waals surface area contributed by atoms with Crippen LogP contribution in [0.25, 0.3) is 5.78 Å². The number of carbonyl (C=O) groups excluding carboxylic acids is 1. The number of carbonyl (C=O) groups is 1. The number of hydrogen-bond acceptors (Lipinski definition) is 5. The van der Waals surface area contributed by atoms with Crippen molar-refractivity contribution in [3.63, 3.8) is 0 Å². The van der Waals surface area contributed by atoms with Gasteiger partial charge in [-0.15, -0.1) is 0 Å². The van der Waals surface area contributed by atoms with Gasteiger partial charge in [-0.25, -0.2) is 4.98 Å². The third kappa shape index (κ3) is 3.70. The van der Waals surface area contributed by atoms with Crippen LogP contribution < -0.4 is 4.90 Å². The zero-order chi connectivity index (χ0) is 19.0. The number of nitrogens with zero attached hydrogens (tertiary/aromatic N) is 6. The summed E-state index contributed by atoms with van der Waals surface area (Å²) in [5.41, 5.74) is 1.76. The molecule has 1 aliphatic heterocycles. The summed E-state index contributed by atoms with van der Waals surface area (Å²) < 4.78 is 1.74. The first-order valence-corrected chi connectivity index (χ1v) is 9.41. The fraction of sp³-hybridized carbons (Fsp3) is 0.333. The van der Waals surface area contributed by atoms with Crippen LogP contribution in [-0.2, 0) is 11.2 Å². The van der Waals surface area contributed by atoms with E-state index in [1.165, 1.54) is 6.33 Å². The van der Waals surface area contributed by atoms with Crippen molar-refractivity contribution >= 4 is 40.7 Å². The third-order valence-electron chi connectivity index (χ3n) is 4.66. The molecule has 1 amide bonds. The molecular formula is C18H18Cl2N6O. The van der Waals surface area contributed by atoms with Gasteiger partial charge in [0.1, 0.15) is 12.1 Å². The molecule has 0 radical (unpaired) electrons. The molecule has 27 heavy (non-hydrogen) atoms. The summed E-state index contributed by atoms with van der Waals surface area (Å²) in [4.78, 5) is 25.3.